The molecule has 0 spiro atoms. The molecule has 6 heterocycles. The molecule has 3 aromatic heterocycles. The van der Waals surface area contributed by atoms with E-state index in [0.717, 1.165) is 83.0 Å². The van der Waals surface area contributed by atoms with Gasteiger partial charge in [-0.25, -0.2) is 15.0 Å². The van der Waals surface area contributed by atoms with Crippen LogP contribution in [-0.2, 0) is 65.3 Å². The lowest BCUT2D eigenvalue weighted by atomic mass is 9.96. The first-order valence-corrected chi connectivity index (χ1v) is 38.1. The Balaban J connectivity index is 0.632. The number of aromatic nitrogens is 3. The summed E-state index contributed by atoms with van der Waals surface area (Å²) in [7, 11) is 1.64. The largest absolute Gasteiger partial charge is 0.496 e. The second-order valence-electron chi connectivity index (χ2n) is 26.6. The van der Waals surface area contributed by atoms with Gasteiger partial charge < -0.3 is 53.8 Å². The quantitative estimate of drug-likeness (QED) is 0.0358. The Morgan fingerprint density at radius 3 is 1.52 bits per heavy atom. The van der Waals surface area contributed by atoms with Crippen LogP contribution >= 0.6 is 45.6 Å². The van der Waals surface area contributed by atoms with Gasteiger partial charge in [0.15, 0.2) is 34.5 Å². The number of hydrogen-bond acceptors (Lipinski definition) is 20. The molecule has 0 radical (unpaired) electrons. The van der Waals surface area contributed by atoms with Crippen molar-refractivity contribution in [3.8, 4) is 51.7 Å². The van der Waals surface area contributed by atoms with Crippen LogP contribution in [0.25, 0.3) is 0 Å². The molecule has 20 nitrogen and oxygen atoms in total. The predicted molar refractivity (Wildman–Crippen MR) is 409 cm³/mol. The van der Waals surface area contributed by atoms with E-state index in [2.05, 4.69) is 61.8 Å². The zero-order chi connectivity index (χ0) is 73.0. The first-order chi connectivity index (χ1) is 51.6. The number of carbonyl (C=O) groups excluding carboxylic acids is 3. The summed E-state index contributed by atoms with van der Waals surface area (Å²) in [6.45, 7) is 13.2. The number of benzene rings is 8. The second-order valence-corrected chi connectivity index (χ2v) is 29.9. The molecule has 3 aliphatic rings. The summed E-state index contributed by atoms with van der Waals surface area (Å²) in [4.78, 5) is 62.7. The van der Waals surface area contributed by atoms with Crippen LogP contribution in [-0.4, -0.2) is 86.9 Å². The van der Waals surface area contributed by atoms with E-state index in [1.54, 1.807) is 12.5 Å². The van der Waals surface area contributed by atoms with Crippen molar-refractivity contribution < 1.29 is 52.3 Å². The molecule has 0 aliphatic carbocycles. The monoisotopic (exact) mass is 1500 g/mol. The Bertz CT molecular complexity index is 4890. The van der Waals surface area contributed by atoms with Gasteiger partial charge in [-0.1, -0.05) is 133 Å². The zero-order valence-electron chi connectivity index (χ0n) is 59.3. The van der Waals surface area contributed by atoms with E-state index < -0.39 is 6.04 Å². The third-order valence-electron chi connectivity index (χ3n) is 18.4. The third kappa shape index (κ3) is 18.6. The normalized spacial score (nSPS) is 13.4. The van der Waals surface area contributed by atoms with Gasteiger partial charge in [0, 0.05) is 84.1 Å². The van der Waals surface area contributed by atoms with Crippen LogP contribution in [0, 0.1) is 6.92 Å². The first kappa shape index (κ1) is 72.6. The van der Waals surface area contributed by atoms with E-state index in [1.165, 1.54) is 39.6 Å². The number of aryl methyl sites for hydroxylation is 1. The summed E-state index contributed by atoms with van der Waals surface area (Å²) in [6.07, 6.45) is 1.39. The van der Waals surface area contributed by atoms with E-state index in [-0.39, 0.29) is 50.2 Å². The van der Waals surface area contributed by atoms with Crippen molar-refractivity contribution in [3.63, 3.8) is 0 Å². The number of hydrogen-bond donors (Lipinski definition) is 3. The van der Waals surface area contributed by atoms with Crippen LogP contribution in [0.2, 0.25) is 5.02 Å². The van der Waals surface area contributed by atoms with Gasteiger partial charge in [-0.15, -0.1) is 34.0 Å². The lowest BCUT2D eigenvalue weighted by Crippen LogP contribution is -2.34. The molecule has 3 unspecified atom stereocenters. The van der Waals surface area contributed by atoms with Gasteiger partial charge in [0.1, 0.15) is 43.6 Å². The number of carbonyl (C=O) groups is 3. The summed E-state index contributed by atoms with van der Waals surface area (Å²) < 4.78 is 47.6. The van der Waals surface area contributed by atoms with Gasteiger partial charge in [-0.2, -0.15) is 0 Å². The van der Waals surface area contributed by atoms with Gasteiger partial charge in [-0.3, -0.25) is 29.1 Å². The minimum atomic E-state index is -0.499. The number of amides is 3. The molecular weight excluding hydrogens is 1420 g/mol. The number of rotatable bonds is 32. The Labute approximate surface area is 632 Å². The Kier molecular flexibility index (Phi) is 23.2. The predicted octanol–water partition coefficient (Wildman–Crippen LogP) is 16.0. The summed E-state index contributed by atoms with van der Waals surface area (Å²) >= 11 is 10.6. The van der Waals surface area contributed by atoms with E-state index >= 15 is 0 Å². The molecule has 11 aromatic rings. The molecule has 3 amide bonds. The van der Waals surface area contributed by atoms with Gasteiger partial charge >= 0.3 is 0 Å². The fourth-order valence-corrected chi connectivity index (χ4v) is 15.4. The SMILES string of the molecule is CCC(C)NC(=O)c1csc(CN(Cc2ccc(C)cc2)Cc2cc3c(c(Oc4ccc(CN(Cc5ccc6c(c5)OCO6)Cc5nc(C(=O)NC(c6ccccc6)c6ccc(CC(C)NC(=O)c7csc(CN(Cc8ccc(Cl)cc8)Cc8ccc9c(c8)OCO9)n7)cc6)cs5)c(OC)c4)c2)OCO3)n1. The van der Waals surface area contributed by atoms with Crippen LogP contribution < -0.4 is 53.8 Å². The lowest BCUT2D eigenvalue weighted by molar-refractivity contribution is 0.0926. The molecule has 106 heavy (non-hydrogen) atoms. The van der Waals surface area contributed by atoms with E-state index in [0.29, 0.717) is 128 Å². The van der Waals surface area contributed by atoms with Crippen LogP contribution in [0.15, 0.2) is 186 Å². The van der Waals surface area contributed by atoms with Crippen LogP contribution in [0.4, 0.5) is 0 Å². The van der Waals surface area contributed by atoms with Gasteiger partial charge in [0.2, 0.25) is 26.1 Å². The van der Waals surface area contributed by atoms with Crippen molar-refractivity contribution in [2.45, 2.75) is 118 Å². The van der Waals surface area contributed by atoms with Gasteiger partial charge in [0.05, 0.1) is 32.8 Å². The molecule has 3 aliphatic heterocycles. The molecule has 24 heteroatoms. The molecule has 0 fully saturated rings. The highest BCUT2D eigenvalue weighted by atomic mass is 35.5. The minimum Gasteiger partial charge on any atom is -0.496 e. The third-order valence-corrected chi connectivity index (χ3v) is 21.1. The standard InChI is InChI=1S/C82H80ClN9O11S3/c1-6-52(3)84-80(93)65-45-104-76(86-65)43-91(36-55-14-12-51(2)13-15-55)40-59-33-73-79(102-50-101-73)74(34-59)103-64-27-24-62(70(35-64)96-5)41-92(39-58-21-29-69-72(32-58)100-49-98-69)44-77-88-67(47-106-77)82(95)89-78(60-10-8-7-9-11-60)61-22-16-54(17-23-61)30-53(4)85-81(94)66-46-105-75(87-66)42-90(37-56-18-25-63(83)26-19-56)38-57-20-28-68-71(31-57)99-48-97-68/h7-29,31-35,45-47,52-53,78H,6,30,36-44,48-50H2,1-5H3,(H,84,93)(H,85,94)(H,89,95). The fraction of sp³-hybridized carbons (Fsp3) is 0.268. The van der Waals surface area contributed by atoms with Crippen LogP contribution in [0.1, 0.15) is 135 Å². The lowest BCUT2D eigenvalue weighted by Gasteiger charge is -2.23. The Hall–Kier alpha value is -10.4. The minimum absolute atomic E-state index is 0.0418. The van der Waals surface area contributed by atoms with Gasteiger partial charge in [-0.05, 0) is 133 Å². The van der Waals surface area contributed by atoms with Crippen molar-refractivity contribution in [2.75, 3.05) is 27.5 Å². The Morgan fingerprint density at radius 2 is 0.943 bits per heavy atom. The fourth-order valence-electron chi connectivity index (χ4n) is 12.8. The molecular formula is C82H80ClN9O11S3. The average molecular weight is 1500 g/mol. The number of nitrogens with zero attached hydrogens (tertiary/aromatic N) is 6. The van der Waals surface area contributed by atoms with Crippen molar-refractivity contribution in [2.24, 2.45) is 0 Å². The van der Waals surface area contributed by atoms with Crippen molar-refractivity contribution in [1.29, 1.82) is 0 Å². The maximum atomic E-state index is 14.5. The average Bonchev–Trinajstić information content (AvgIpc) is 1.72. The molecule has 544 valence electrons. The number of thiazole rings is 3. The molecule has 3 atom stereocenters. The zero-order valence-corrected chi connectivity index (χ0v) is 62.5. The van der Waals surface area contributed by atoms with Crippen molar-refractivity contribution in [1.82, 2.24) is 45.6 Å². The van der Waals surface area contributed by atoms with Crippen molar-refractivity contribution in [3.05, 3.63) is 279 Å². The Morgan fingerprint density at radius 1 is 0.472 bits per heavy atom. The summed E-state index contributed by atoms with van der Waals surface area (Å²) in [5, 5.41) is 18.0. The summed E-state index contributed by atoms with van der Waals surface area (Å²) in [6, 6.07) is 55.3. The van der Waals surface area contributed by atoms with Crippen molar-refractivity contribution >= 4 is 63.3 Å². The molecule has 0 bridgehead atoms. The summed E-state index contributed by atoms with van der Waals surface area (Å²) in [5.74, 6) is 4.78. The van der Waals surface area contributed by atoms with Crippen LogP contribution in [0.3, 0.4) is 0 Å². The molecule has 3 N–H and O–H groups in total. The molecule has 8 aromatic carbocycles. The number of fused-ring (bicyclic) bond motifs is 3. The van der Waals surface area contributed by atoms with E-state index in [9.17, 15) is 14.4 Å². The maximum Gasteiger partial charge on any atom is 0.271 e. The van der Waals surface area contributed by atoms with Gasteiger partial charge in [0.25, 0.3) is 17.7 Å². The number of ether oxygens (including phenoxy) is 8. The van der Waals surface area contributed by atoms with Crippen LogP contribution in [0.5, 0.6) is 51.7 Å². The highest BCUT2D eigenvalue weighted by molar-refractivity contribution is 7.10. The summed E-state index contributed by atoms with van der Waals surface area (Å²) in [5.41, 5.74) is 11.2. The molecule has 0 saturated heterocycles. The molecule has 14 rings (SSSR count). The number of halogens is 1. The second kappa shape index (κ2) is 33.8. The van der Waals surface area contributed by atoms with E-state index in [1.807, 2.05) is 177 Å². The topological polar surface area (TPSA) is 210 Å². The smallest absolute Gasteiger partial charge is 0.271 e. The molecule has 0 saturated carbocycles. The first-order valence-electron chi connectivity index (χ1n) is 35.1. The number of methoxy groups -OCH3 is 1. The van der Waals surface area contributed by atoms with E-state index in [4.69, 9.17) is 64.4 Å². The highest BCUT2D eigenvalue weighted by Gasteiger charge is 2.27. The maximum absolute atomic E-state index is 14.5. The highest BCUT2D eigenvalue weighted by Crippen LogP contribution is 2.45. The number of nitrogens with one attached hydrogen (secondary N) is 3.